The molecule has 0 saturated carbocycles. The first-order chi connectivity index (χ1) is 13.0. The third-order valence-electron chi connectivity index (χ3n) is 4.43. The van der Waals surface area contributed by atoms with Gasteiger partial charge in [0.2, 0.25) is 5.76 Å². The Bertz CT molecular complexity index is 1080. The summed E-state index contributed by atoms with van der Waals surface area (Å²) in [5, 5.41) is 2.20. The van der Waals surface area contributed by atoms with Crippen molar-refractivity contribution < 1.29 is 27.1 Å². The van der Waals surface area contributed by atoms with Gasteiger partial charge in [0.05, 0.1) is 11.5 Å². The second-order valence-electron chi connectivity index (χ2n) is 6.49. The van der Waals surface area contributed by atoms with E-state index < -0.39 is 21.9 Å². The van der Waals surface area contributed by atoms with Crippen molar-refractivity contribution in [3.8, 4) is 5.75 Å². The highest BCUT2D eigenvalue weighted by Gasteiger charge is 2.31. The van der Waals surface area contributed by atoms with Crippen molar-refractivity contribution in [3.63, 3.8) is 0 Å². The third-order valence-corrected chi connectivity index (χ3v) is 6.17. The molecule has 4 rings (SSSR count). The maximum atomic E-state index is 12.1. The van der Waals surface area contributed by atoms with Gasteiger partial charge in [-0.2, -0.15) is 0 Å². The van der Waals surface area contributed by atoms with E-state index in [1.807, 2.05) is 42.5 Å². The Morgan fingerprint density at radius 2 is 1.89 bits per heavy atom. The van der Waals surface area contributed by atoms with Gasteiger partial charge in [-0.15, -0.1) is 0 Å². The smallest absolute Gasteiger partial charge is 0.374 e. The van der Waals surface area contributed by atoms with E-state index in [2.05, 4.69) is 0 Å². The van der Waals surface area contributed by atoms with Crippen LogP contribution in [-0.4, -0.2) is 32.0 Å². The SMILES string of the molecule is O=C(O[C@@H]1CCS(=O)(=O)C1)c1ccc(COc2ccc3ccccc3c2)o1. The fourth-order valence-corrected chi connectivity index (χ4v) is 4.63. The van der Waals surface area contributed by atoms with Crippen LogP contribution in [0.2, 0.25) is 0 Å². The first kappa shape index (κ1) is 17.6. The lowest BCUT2D eigenvalue weighted by molar-refractivity contribution is 0.0316. The number of fused-ring (bicyclic) bond motifs is 1. The van der Waals surface area contributed by atoms with Gasteiger partial charge in [-0.1, -0.05) is 30.3 Å². The maximum absolute atomic E-state index is 12.1. The molecule has 0 unspecified atom stereocenters. The number of hydrogen-bond donors (Lipinski definition) is 0. The van der Waals surface area contributed by atoms with Gasteiger partial charge < -0.3 is 13.9 Å². The molecule has 2 heterocycles. The lowest BCUT2D eigenvalue weighted by Crippen LogP contribution is -2.19. The zero-order chi connectivity index (χ0) is 18.9. The van der Waals surface area contributed by atoms with E-state index in [9.17, 15) is 13.2 Å². The van der Waals surface area contributed by atoms with E-state index >= 15 is 0 Å². The van der Waals surface area contributed by atoms with Crippen LogP contribution in [0.5, 0.6) is 5.75 Å². The van der Waals surface area contributed by atoms with Gasteiger partial charge in [-0.3, -0.25) is 0 Å². The lowest BCUT2D eigenvalue weighted by atomic mass is 10.1. The van der Waals surface area contributed by atoms with Crippen LogP contribution in [-0.2, 0) is 21.2 Å². The van der Waals surface area contributed by atoms with E-state index in [1.54, 1.807) is 6.07 Å². The van der Waals surface area contributed by atoms with Gasteiger partial charge in [0.1, 0.15) is 24.2 Å². The van der Waals surface area contributed by atoms with Crippen LogP contribution in [0, 0.1) is 0 Å². The number of benzene rings is 2. The number of esters is 1. The first-order valence-corrected chi connectivity index (χ1v) is 10.4. The first-order valence-electron chi connectivity index (χ1n) is 8.60. The molecule has 0 aliphatic carbocycles. The fraction of sp³-hybridized carbons (Fsp3) is 0.250. The molecule has 7 heteroatoms. The Morgan fingerprint density at radius 3 is 2.67 bits per heavy atom. The number of furan rings is 1. The molecule has 140 valence electrons. The van der Waals surface area contributed by atoms with E-state index in [0.29, 0.717) is 17.9 Å². The van der Waals surface area contributed by atoms with Crippen LogP contribution in [0.1, 0.15) is 22.7 Å². The van der Waals surface area contributed by atoms with Crippen LogP contribution < -0.4 is 4.74 Å². The maximum Gasteiger partial charge on any atom is 0.374 e. The minimum absolute atomic E-state index is 0.0383. The zero-order valence-corrected chi connectivity index (χ0v) is 15.3. The van der Waals surface area contributed by atoms with Crippen LogP contribution in [0.25, 0.3) is 10.8 Å². The summed E-state index contributed by atoms with van der Waals surface area (Å²) in [7, 11) is -3.10. The Kier molecular flexibility index (Phi) is 4.61. The van der Waals surface area contributed by atoms with Gasteiger partial charge >= 0.3 is 5.97 Å². The second-order valence-corrected chi connectivity index (χ2v) is 8.72. The molecule has 6 nitrogen and oxygen atoms in total. The summed E-state index contributed by atoms with van der Waals surface area (Å²) in [6.45, 7) is 0.170. The molecule has 0 N–H and O–H groups in total. The molecule has 0 radical (unpaired) electrons. The third kappa shape index (κ3) is 4.14. The quantitative estimate of drug-likeness (QED) is 0.626. The average molecular weight is 386 g/mol. The number of hydrogen-bond acceptors (Lipinski definition) is 6. The van der Waals surface area contributed by atoms with Crippen molar-refractivity contribution in [2.24, 2.45) is 0 Å². The van der Waals surface area contributed by atoms with E-state index in [4.69, 9.17) is 13.9 Å². The second kappa shape index (κ2) is 7.08. The Morgan fingerprint density at radius 1 is 1.07 bits per heavy atom. The van der Waals surface area contributed by atoms with Gasteiger partial charge in [0.15, 0.2) is 9.84 Å². The Balaban J connectivity index is 1.36. The summed E-state index contributed by atoms with van der Waals surface area (Å²) in [5.41, 5.74) is 0. The van der Waals surface area contributed by atoms with Gasteiger partial charge in [0.25, 0.3) is 0 Å². The van der Waals surface area contributed by atoms with Crippen molar-refractivity contribution in [1.82, 2.24) is 0 Å². The Hall–Kier alpha value is -2.80. The molecular formula is C20H18O6S. The van der Waals surface area contributed by atoms with E-state index in [-0.39, 0.29) is 23.9 Å². The normalized spacial score (nSPS) is 18.4. The number of ether oxygens (including phenoxy) is 2. The molecule has 1 saturated heterocycles. The number of carbonyl (C=O) groups excluding carboxylic acids is 1. The number of carbonyl (C=O) groups is 1. The molecule has 0 bridgehead atoms. The summed E-state index contributed by atoms with van der Waals surface area (Å²) in [4.78, 5) is 12.1. The standard InChI is InChI=1S/C20H18O6S/c21-20(26-18-9-10-27(22,23)13-18)19-8-7-17(25-19)12-24-16-6-5-14-3-1-2-4-15(14)11-16/h1-8,11,18H,9-10,12-13H2/t18-/m1/s1. The summed E-state index contributed by atoms with van der Waals surface area (Å²) in [6.07, 6.45) is -0.280. The van der Waals surface area contributed by atoms with Crippen LogP contribution >= 0.6 is 0 Å². The highest BCUT2D eigenvalue weighted by molar-refractivity contribution is 7.91. The van der Waals surface area contributed by atoms with E-state index in [0.717, 1.165) is 10.8 Å². The summed E-state index contributed by atoms with van der Waals surface area (Å²) in [6, 6.07) is 16.9. The number of sulfone groups is 1. The van der Waals surface area contributed by atoms with Gasteiger partial charge in [-0.25, -0.2) is 13.2 Å². The minimum atomic E-state index is -3.10. The molecule has 27 heavy (non-hydrogen) atoms. The fourth-order valence-electron chi connectivity index (χ4n) is 3.04. The summed E-state index contributed by atoms with van der Waals surface area (Å²) >= 11 is 0. The van der Waals surface area contributed by atoms with Crippen LogP contribution in [0.3, 0.4) is 0 Å². The van der Waals surface area contributed by atoms with Crippen LogP contribution in [0.15, 0.2) is 59.0 Å². The van der Waals surface area contributed by atoms with Crippen molar-refractivity contribution in [1.29, 1.82) is 0 Å². The molecule has 1 aliphatic rings. The highest BCUT2D eigenvalue weighted by Crippen LogP contribution is 2.22. The monoisotopic (exact) mass is 386 g/mol. The lowest BCUT2D eigenvalue weighted by Gasteiger charge is -2.08. The van der Waals surface area contributed by atoms with E-state index in [1.165, 1.54) is 6.07 Å². The highest BCUT2D eigenvalue weighted by atomic mass is 32.2. The summed E-state index contributed by atoms with van der Waals surface area (Å²) in [5.74, 6) is 0.482. The molecule has 1 aromatic heterocycles. The molecule has 0 amide bonds. The Labute approximate surface area is 156 Å². The molecule has 1 aliphatic heterocycles. The van der Waals surface area contributed by atoms with Crippen molar-refractivity contribution in [2.45, 2.75) is 19.1 Å². The molecule has 0 spiro atoms. The molecule has 3 aromatic rings. The predicted octanol–water partition coefficient (Wildman–Crippen LogP) is 3.36. The largest absolute Gasteiger partial charge is 0.486 e. The van der Waals surface area contributed by atoms with Gasteiger partial charge in [-0.05, 0) is 41.5 Å². The summed E-state index contributed by atoms with van der Waals surface area (Å²) < 4.78 is 39.3. The minimum Gasteiger partial charge on any atom is -0.486 e. The topological polar surface area (TPSA) is 82.8 Å². The number of rotatable bonds is 5. The average Bonchev–Trinajstić information content (AvgIpc) is 3.26. The van der Waals surface area contributed by atoms with Crippen LogP contribution in [0.4, 0.5) is 0 Å². The van der Waals surface area contributed by atoms with Crippen molar-refractivity contribution >= 4 is 26.6 Å². The molecule has 1 fully saturated rings. The van der Waals surface area contributed by atoms with Crippen molar-refractivity contribution in [2.75, 3.05) is 11.5 Å². The van der Waals surface area contributed by atoms with Gasteiger partial charge in [0, 0.05) is 0 Å². The van der Waals surface area contributed by atoms with Crippen molar-refractivity contribution in [3.05, 3.63) is 66.1 Å². The zero-order valence-electron chi connectivity index (χ0n) is 14.5. The molecule has 1 atom stereocenters. The predicted molar refractivity (Wildman–Crippen MR) is 99.5 cm³/mol. The molecule has 2 aromatic carbocycles. The molecular weight excluding hydrogens is 368 g/mol.